The molecule has 0 bridgehead atoms. The molecule has 2 heteroatoms. The highest BCUT2D eigenvalue weighted by Crippen LogP contribution is 2.09. The van der Waals surface area contributed by atoms with Crippen LogP contribution >= 0.6 is 0 Å². The number of aliphatic imine (C=N–C) groups is 1. The van der Waals surface area contributed by atoms with Gasteiger partial charge in [0.05, 0.1) is 6.34 Å². The van der Waals surface area contributed by atoms with Crippen molar-refractivity contribution in [2.75, 3.05) is 7.05 Å². The summed E-state index contributed by atoms with van der Waals surface area (Å²) >= 11 is 0. The van der Waals surface area contributed by atoms with Crippen molar-refractivity contribution in [1.82, 2.24) is 5.32 Å². The highest BCUT2D eigenvalue weighted by atomic mass is 14.9. The van der Waals surface area contributed by atoms with Crippen molar-refractivity contribution in [1.29, 1.82) is 0 Å². The van der Waals surface area contributed by atoms with Crippen LogP contribution in [0.15, 0.2) is 47.1 Å². The number of nitrogens with one attached hydrogen (secondary N) is 1. The molecule has 1 aromatic rings. The molecule has 0 fully saturated rings. The number of rotatable bonds is 6. The monoisotopic (exact) mass is 230 g/mol. The van der Waals surface area contributed by atoms with E-state index in [-0.39, 0.29) is 0 Å². The van der Waals surface area contributed by atoms with Crippen LogP contribution in [0.5, 0.6) is 0 Å². The van der Waals surface area contributed by atoms with Crippen LogP contribution in [0.3, 0.4) is 0 Å². The predicted molar refractivity (Wildman–Crippen MR) is 75.2 cm³/mol. The fourth-order valence-corrected chi connectivity index (χ4v) is 1.64. The number of hydrogen-bond donors (Lipinski definition) is 1. The van der Waals surface area contributed by atoms with E-state index >= 15 is 0 Å². The van der Waals surface area contributed by atoms with Crippen LogP contribution in [0.2, 0.25) is 0 Å². The number of hydrogen-bond acceptors (Lipinski definition) is 1. The van der Waals surface area contributed by atoms with Gasteiger partial charge in [-0.3, -0.25) is 4.99 Å². The molecule has 0 heterocycles. The van der Waals surface area contributed by atoms with Crippen LogP contribution in [-0.4, -0.2) is 13.4 Å². The van der Waals surface area contributed by atoms with Crippen LogP contribution in [0, 0.1) is 5.92 Å². The quantitative estimate of drug-likeness (QED) is 0.588. The van der Waals surface area contributed by atoms with Crippen LogP contribution in [0.1, 0.15) is 25.8 Å². The smallest absolute Gasteiger partial charge is 0.0861 e. The molecule has 92 valence electrons. The largest absolute Gasteiger partial charge is 0.350 e. The average Bonchev–Trinajstić information content (AvgIpc) is 2.33. The summed E-state index contributed by atoms with van der Waals surface area (Å²) in [7, 11) is 1.77. The number of benzene rings is 1. The molecule has 17 heavy (non-hydrogen) atoms. The van der Waals surface area contributed by atoms with Crippen LogP contribution < -0.4 is 5.32 Å². The van der Waals surface area contributed by atoms with Gasteiger partial charge < -0.3 is 5.32 Å². The van der Waals surface area contributed by atoms with Crippen molar-refractivity contribution in [2.24, 2.45) is 10.9 Å². The van der Waals surface area contributed by atoms with E-state index < -0.39 is 0 Å². The normalized spacial score (nSPS) is 12.4. The Morgan fingerprint density at radius 1 is 1.29 bits per heavy atom. The summed E-state index contributed by atoms with van der Waals surface area (Å²) in [6.45, 7) is 4.45. The third-order valence-corrected chi connectivity index (χ3v) is 2.43. The third kappa shape index (κ3) is 5.91. The lowest BCUT2D eigenvalue weighted by molar-refractivity contribution is 0.627. The lowest BCUT2D eigenvalue weighted by Gasteiger charge is -2.10. The molecular weight excluding hydrogens is 208 g/mol. The molecular formula is C15H22N2. The highest BCUT2D eigenvalue weighted by Gasteiger charge is 1.99. The summed E-state index contributed by atoms with van der Waals surface area (Å²) in [5, 5.41) is 3.24. The summed E-state index contributed by atoms with van der Waals surface area (Å²) in [6, 6.07) is 10.5. The van der Waals surface area contributed by atoms with Gasteiger partial charge in [0, 0.05) is 12.7 Å². The number of allylic oxidation sites excluding steroid dienone is 2. The highest BCUT2D eigenvalue weighted by molar-refractivity contribution is 5.57. The maximum Gasteiger partial charge on any atom is 0.0861 e. The average molecular weight is 230 g/mol. The molecule has 0 aromatic heterocycles. The van der Waals surface area contributed by atoms with E-state index in [1.165, 1.54) is 11.3 Å². The van der Waals surface area contributed by atoms with E-state index in [1.54, 1.807) is 13.4 Å². The first-order valence-corrected chi connectivity index (χ1v) is 6.12. The second-order valence-corrected chi connectivity index (χ2v) is 4.55. The van der Waals surface area contributed by atoms with Gasteiger partial charge in [0.15, 0.2) is 0 Å². The molecule has 1 rings (SSSR count). The summed E-state index contributed by atoms with van der Waals surface area (Å²) < 4.78 is 0. The minimum absolute atomic E-state index is 0.648. The Balaban J connectivity index is 2.62. The maximum atomic E-state index is 3.96. The van der Waals surface area contributed by atoms with Gasteiger partial charge >= 0.3 is 0 Å². The molecule has 1 N–H and O–H groups in total. The van der Waals surface area contributed by atoms with E-state index in [9.17, 15) is 0 Å². The van der Waals surface area contributed by atoms with Crippen molar-refractivity contribution in [3.8, 4) is 0 Å². The molecule has 0 aliphatic heterocycles. The third-order valence-electron chi connectivity index (χ3n) is 2.43. The Morgan fingerprint density at radius 2 is 2.00 bits per heavy atom. The van der Waals surface area contributed by atoms with Gasteiger partial charge in [-0.15, -0.1) is 0 Å². The first kappa shape index (κ1) is 13.5. The van der Waals surface area contributed by atoms with Gasteiger partial charge in [-0.25, -0.2) is 0 Å². The second kappa shape index (κ2) is 7.66. The van der Waals surface area contributed by atoms with E-state index in [2.05, 4.69) is 54.5 Å². The van der Waals surface area contributed by atoms with Crippen molar-refractivity contribution >= 4 is 6.34 Å². The Labute approximate surface area is 104 Å². The standard InChI is InChI=1S/C15H22N2/c1-13(2)11-15(17-12-16-3)10-9-14-7-5-4-6-8-14/h4-8,10,12-13H,9,11H2,1-3H3,(H,16,17)/b15-10-. The molecule has 0 aliphatic carbocycles. The minimum atomic E-state index is 0.648. The van der Waals surface area contributed by atoms with E-state index in [1.807, 2.05) is 6.07 Å². The molecule has 2 nitrogen and oxygen atoms in total. The van der Waals surface area contributed by atoms with Gasteiger partial charge in [-0.2, -0.15) is 0 Å². The molecule has 1 aromatic carbocycles. The summed E-state index contributed by atoms with van der Waals surface area (Å²) in [5.74, 6) is 0.648. The molecule has 0 atom stereocenters. The summed E-state index contributed by atoms with van der Waals surface area (Å²) in [6.07, 6.45) is 6.02. The first-order chi connectivity index (χ1) is 8.22. The molecule has 0 radical (unpaired) electrons. The fourth-order valence-electron chi connectivity index (χ4n) is 1.64. The minimum Gasteiger partial charge on any atom is -0.350 e. The SMILES string of the molecule is CN=CN/C(=C\Cc1ccccc1)CC(C)C. The molecule has 0 saturated heterocycles. The Morgan fingerprint density at radius 3 is 2.59 bits per heavy atom. The van der Waals surface area contributed by atoms with Crippen molar-refractivity contribution in [2.45, 2.75) is 26.7 Å². The first-order valence-electron chi connectivity index (χ1n) is 6.12. The van der Waals surface area contributed by atoms with Crippen molar-refractivity contribution in [3.63, 3.8) is 0 Å². The van der Waals surface area contributed by atoms with Crippen LogP contribution in [-0.2, 0) is 6.42 Å². The second-order valence-electron chi connectivity index (χ2n) is 4.55. The van der Waals surface area contributed by atoms with Crippen LogP contribution in [0.25, 0.3) is 0 Å². The van der Waals surface area contributed by atoms with Gasteiger partial charge in [-0.05, 0) is 24.3 Å². The van der Waals surface area contributed by atoms with E-state index in [0.29, 0.717) is 5.92 Å². The number of nitrogens with zero attached hydrogens (tertiary/aromatic N) is 1. The van der Waals surface area contributed by atoms with Crippen molar-refractivity contribution < 1.29 is 0 Å². The molecule has 0 unspecified atom stereocenters. The topological polar surface area (TPSA) is 24.4 Å². The van der Waals surface area contributed by atoms with Gasteiger partial charge in [0.1, 0.15) is 0 Å². The van der Waals surface area contributed by atoms with Crippen LogP contribution in [0.4, 0.5) is 0 Å². The zero-order valence-electron chi connectivity index (χ0n) is 11.0. The van der Waals surface area contributed by atoms with Gasteiger partial charge in [-0.1, -0.05) is 50.3 Å². The fraction of sp³-hybridized carbons (Fsp3) is 0.400. The van der Waals surface area contributed by atoms with Gasteiger partial charge in [0.2, 0.25) is 0 Å². The molecule has 0 amide bonds. The molecule has 0 spiro atoms. The Kier molecular flexibility index (Phi) is 6.08. The Bertz CT molecular complexity index is 364. The zero-order chi connectivity index (χ0) is 12.5. The molecule has 0 saturated carbocycles. The summed E-state index contributed by atoms with van der Waals surface area (Å²) in [5.41, 5.74) is 2.58. The zero-order valence-corrected chi connectivity index (χ0v) is 11.0. The van der Waals surface area contributed by atoms with E-state index in [0.717, 1.165) is 12.8 Å². The Hall–Kier alpha value is -1.57. The predicted octanol–water partition coefficient (Wildman–Crippen LogP) is 3.41. The van der Waals surface area contributed by atoms with Crippen molar-refractivity contribution in [3.05, 3.63) is 47.7 Å². The molecule has 0 aliphatic rings. The lowest BCUT2D eigenvalue weighted by Crippen LogP contribution is -2.13. The lowest BCUT2D eigenvalue weighted by atomic mass is 10.1. The van der Waals surface area contributed by atoms with Gasteiger partial charge in [0.25, 0.3) is 0 Å². The summed E-state index contributed by atoms with van der Waals surface area (Å²) in [4.78, 5) is 3.96. The van der Waals surface area contributed by atoms with E-state index in [4.69, 9.17) is 0 Å². The maximum absolute atomic E-state index is 3.96.